The fraction of sp³-hybridized carbons (Fsp3) is 0.650. The van der Waals surface area contributed by atoms with Crippen molar-refractivity contribution in [3.8, 4) is 0 Å². The monoisotopic (exact) mass is 468 g/mol. The average Bonchev–Trinajstić information content (AvgIpc) is 2.67. The highest BCUT2D eigenvalue weighted by molar-refractivity contribution is 9.10. The first-order valence-corrected chi connectivity index (χ1v) is 10.8. The number of hydrogen-bond acceptors (Lipinski definition) is 6. The van der Waals surface area contributed by atoms with Crippen LogP contribution >= 0.6 is 15.9 Å². The van der Waals surface area contributed by atoms with Gasteiger partial charge in [-0.25, -0.2) is 4.79 Å². The minimum Gasteiger partial charge on any atom is -0.444 e. The van der Waals surface area contributed by atoms with Crippen LogP contribution in [-0.2, 0) is 4.74 Å². The zero-order chi connectivity index (χ0) is 21.2. The Labute approximate surface area is 180 Å². The van der Waals surface area contributed by atoms with Crippen molar-refractivity contribution < 1.29 is 14.5 Å². The molecular formula is C20H29BrN4O4. The number of anilines is 1. The quantitative estimate of drug-likeness (QED) is 0.494. The molecule has 2 fully saturated rings. The van der Waals surface area contributed by atoms with Gasteiger partial charge in [0, 0.05) is 61.9 Å². The summed E-state index contributed by atoms with van der Waals surface area (Å²) in [7, 11) is 0. The normalized spacial score (nSPS) is 19.3. The van der Waals surface area contributed by atoms with Crippen LogP contribution in [0.3, 0.4) is 0 Å². The molecule has 0 bridgehead atoms. The summed E-state index contributed by atoms with van der Waals surface area (Å²) in [6.07, 6.45) is 1.85. The van der Waals surface area contributed by atoms with Gasteiger partial charge in [0.05, 0.1) is 10.6 Å². The predicted octanol–water partition coefficient (Wildman–Crippen LogP) is 3.88. The lowest BCUT2D eigenvalue weighted by Crippen LogP contribution is -2.55. The number of carbonyl (C=O) groups is 1. The van der Waals surface area contributed by atoms with Gasteiger partial charge in [-0.1, -0.05) is 0 Å². The van der Waals surface area contributed by atoms with Gasteiger partial charge in [-0.2, -0.15) is 0 Å². The third-order valence-electron chi connectivity index (χ3n) is 5.43. The van der Waals surface area contributed by atoms with Gasteiger partial charge in [-0.15, -0.1) is 0 Å². The van der Waals surface area contributed by atoms with Crippen LogP contribution in [0.5, 0.6) is 0 Å². The van der Waals surface area contributed by atoms with Crippen molar-refractivity contribution in [2.75, 3.05) is 44.2 Å². The molecule has 0 N–H and O–H groups in total. The molecule has 1 amide bonds. The molecule has 0 radical (unpaired) electrons. The van der Waals surface area contributed by atoms with E-state index in [9.17, 15) is 14.9 Å². The number of piperidine rings is 1. The highest BCUT2D eigenvalue weighted by Crippen LogP contribution is 2.32. The van der Waals surface area contributed by atoms with Gasteiger partial charge in [-0.05, 0) is 55.6 Å². The molecule has 0 aliphatic carbocycles. The van der Waals surface area contributed by atoms with E-state index in [2.05, 4.69) is 25.7 Å². The molecule has 2 heterocycles. The molecule has 0 unspecified atom stereocenters. The minimum atomic E-state index is -0.465. The number of rotatable bonds is 3. The average molecular weight is 469 g/mol. The maximum atomic E-state index is 12.2. The summed E-state index contributed by atoms with van der Waals surface area (Å²) in [6.45, 7) is 10.6. The highest BCUT2D eigenvalue weighted by atomic mass is 79.9. The third-order valence-corrected chi connectivity index (χ3v) is 6.06. The van der Waals surface area contributed by atoms with E-state index in [1.54, 1.807) is 17.0 Å². The van der Waals surface area contributed by atoms with E-state index in [1.807, 2.05) is 26.8 Å². The smallest absolute Gasteiger partial charge is 0.410 e. The lowest BCUT2D eigenvalue weighted by atomic mass is 10.0. The van der Waals surface area contributed by atoms with E-state index >= 15 is 0 Å². The highest BCUT2D eigenvalue weighted by Gasteiger charge is 2.31. The molecule has 2 aliphatic heterocycles. The molecule has 8 nitrogen and oxygen atoms in total. The molecule has 2 saturated heterocycles. The molecule has 29 heavy (non-hydrogen) atoms. The number of nitro groups is 1. The predicted molar refractivity (Wildman–Crippen MR) is 115 cm³/mol. The first-order chi connectivity index (χ1) is 13.6. The van der Waals surface area contributed by atoms with Crippen molar-refractivity contribution in [2.45, 2.75) is 45.3 Å². The first kappa shape index (κ1) is 21.8. The van der Waals surface area contributed by atoms with Crippen molar-refractivity contribution in [3.05, 3.63) is 32.8 Å². The second kappa shape index (κ2) is 8.87. The number of hydrogen-bond donors (Lipinski definition) is 0. The van der Waals surface area contributed by atoms with Crippen molar-refractivity contribution >= 4 is 33.4 Å². The summed E-state index contributed by atoms with van der Waals surface area (Å²) < 4.78 is 6.23. The summed E-state index contributed by atoms with van der Waals surface area (Å²) >= 11 is 3.48. The Balaban J connectivity index is 1.49. The number of halogens is 1. The molecule has 2 aliphatic rings. The fourth-order valence-corrected chi connectivity index (χ4v) is 4.55. The topological polar surface area (TPSA) is 79.2 Å². The van der Waals surface area contributed by atoms with Crippen LogP contribution in [0.25, 0.3) is 0 Å². The number of piperazine rings is 1. The second-order valence-electron chi connectivity index (χ2n) is 8.61. The van der Waals surface area contributed by atoms with Gasteiger partial charge in [0.15, 0.2) is 0 Å². The number of amides is 1. The van der Waals surface area contributed by atoms with Crippen LogP contribution < -0.4 is 4.90 Å². The van der Waals surface area contributed by atoms with Crippen molar-refractivity contribution in [1.82, 2.24) is 9.80 Å². The Morgan fingerprint density at radius 2 is 1.76 bits per heavy atom. The van der Waals surface area contributed by atoms with Gasteiger partial charge < -0.3 is 14.5 Å². The van der Waals surface area contributed by atoms with Crippen molar-refractivity contribution in [1.29, 1.82) is 0 Å². The first-order valence-electron chi connectivity index (χ1n) is 10.0. The maximum absolute atomic E-state index is 12.2. The fourth-order valence-electron chi connectivity index (χ4n) is 3.93. The molecule has 0 atom stereocenters. The Bertz CT molecular complexity index is 751. The Kier molecular flexibility index (Phi) is 6.68. The Hall–Kier alpha value is -1.87. The molecule has 0 spiro atoms. The standard InChI is InChI=1S/C20H29BrN4O4/c1-20(2,3)29-19(26)24-12-10-22(11-13-24)15-6-8-23(9-7-15)18-5-4-16(25(27)28)14-17(18)21/h4-5,14-15H,6-13H2,1-3H3. The molecule has 3 rings (SSSR count). The van der Waals surface area contributed by atoms with Gasteiger partial charge in [-0.3, -0.25) is 15.0 Å². The van der Waals surface area contributed by atoms with E-state index in [0.29, 0.717) is 19.1 Å². The largest absolute Gasteiger partial charge is 0.444 e. The van der Waals surface area contributed by atoms with E-state index in [0.717, 1.165) is 49.2 Å². The summed E-state index contributed by atoms with van der Waals surface area (Å²) in [5.41, 5.74) is 0.634. The number of nitro benzene ring substituents is 1. The van der Waals surface area contributed by atoms with Crippen LogP contribution in [0.15, 0.2) is 22.7 Å². The maximum Gasteiger partial charge on any atom is 0.410 e. The third kappa shape index (κ3) is 5.60. The van der Waals surface area contributed by atoms with Crippen LogP contribution in [-0.4, -0.2) is 71.7 Å². The van der Waals surface area contributed by atoms with Gasteiger partial charge in [0.25, 0.3) is 5.69 Å². The van der Waals surface area contributed by atoms with Crippen LogP contribution in [0.4, 0.5) is 16.2 Å². The summed E-state index contributed by atoms with van der Waals surface area (Å²) in [5, 5.41) is 10.9. The van der Waals surface area contributed by atoms with Crippen molar-refractivity contribution in [2.24, 2.45) is 0 Å². The molecular weight excluding hydrogens is 440 g/mol. The lowest BCUT2D eigenvalue weighted by molar-refractivity contribution is -0.384. The minimum absolute atomic E-state index is 0.0957. The van der Waals surface area contributed by atoms with Gasteiger partial charge >= 0.3 is 6.09 Å². The molecule has 9 heteroatoms. The summed E-state index contributed by atoms with van der Waals surface area (Å²) in [6, 6.07) is 5.45. The zero-order valence-electron chi connectivity index (χ0n) is 17.3. The summed E-state index contributed by atoms with van der Waals surface area (Å²) in [5.74, 6) is 0. The molecule has 160 valence electrons. The zero-order valence-corrected chi connectivity index (χ0v) is 18.9. The summed E-state index contributed by atoms with van der Waals surface area (Å²) in [4.78, 5) is 29.3. The van der Waals surface area contributed by atoms with E-state index in [1.165, 1.54) is 0 Å². The van der Waals surface area contributed by atoms with E-state index < -0.39 is 5.60 Å². The number of nitrogens with zero attached hydrogens (tertiary/aromatic N) is 4. The van der Waals surface area contributed by atoms with E-state index in [-0.39, 0.29) is 16.7 Å². The molecule has 0 aromatic heterocycles. The van der Waals surface area contributed by atoms with Crippen LogP contribution in [0.1, 0.15) is 33.6 Å². The number of non-ortho nitro benzene ring substituents is 1. The molecule has 1 aromatic carbocycles. The van der Waals surface area contributed by atoms with Crippen molar-refractivity contribution in [3.63, 3.8) is 0 Å². The molecule has 1 aromatic rings. The second-order valence-corrected chi connectivity index (χ2v) is 9.47. The SMILES string of the molecule is CC(C)(C)OC(=O)N1CCN(C2CCN(c3ccc([N+](=O)[O-])cc3Br)CC2)CC1. The van der Waals surface area contributed by atoms with Crippen LogP contribution in [0.2, 0.25) is 0 Å². The Morgan fingerprint density at radius 1 is 1.14 bits per heavy atom. The molecule has 0 saturated carbocycles. The van der Waals surface area contributed by atoms with E-state index in [4.69, 9.17) is 4.74 Å². The number of ether oxygens (including phenoxy) is 1. The number of carbonyl (C=O) groups excluding carboxylic acids is 1. The Morgan fingerprint density at radius 3 is 2.28 bits per heavy atom. The van der Waals surface area contributed by atoms with Gasteiger partial charge in [0.2, 0.25) is 0 Å². The van der Waals surface area contributed by atoms with Gasteiger partial charge in [0.1, 0.15) is 5.60 Å². The number of benzene rings is 1. The van der Waals surface area contributed by atoms with Crippen LogP contribution in [0, 0.1) is 10.1 Å². The lowest BCUT2D eigenvalue weighted by Gasteiger charge is -2.43.